The zero-order valence-electron chi connectivity index (χ0n) is 10.7. The Kier molecular flexibility index (Phi) is 4.56. The van der Waals surface area contributed by atoms with Crippen molar-refractivity contribution in [3.63, 3.8) is 0 Å². The van der Waals surface area contributed by atoms with Gasteiger partial charge in [0, 0.05) is 19.5 Å². The van der Waals surface area contributed by atoms with Crippen molar-refractivity contribution in [3.05, 3.63) is 40.3 Å². The number of nitrogens with zero attached hydrogens (tertiary/aromatic N) is 1. The van der Waals surface area contributed by atoms with E-state index in [0.29, 0.717) is 21.7 Å². The summed E-state index contributed by atoms with van der Waals surface area (Å²) in [6, 6.07) is 5.62. The van der Waals surface area contributed by atoms with Crippen LogP contribution in [0.25, 0.3) is 0 Å². The average Bonchev–Trinajstić information content (AvgIpc) is 2.85. The third-order valence-electron chi connectivity index (χ3n) is 2.64. The van der Waals surface area contributed by atoms with E-state index in [4.69, 9.17) is 27.6 Å². The maximum atomic E-state index is 6.12. The van der Waals surface area contributed by atoms with E-state index < -0.39 is 0 Å². The molecule has 2 aromatic rings. The summed E-state index contributed by atoms with van der Waals surface area (Å²) in [4.78, 5) is 4.34. The molecule has 2 rings (SSSR count). The Hall–Kier alpha value is -1.39. The van der Waals surface area contributed by atoms with Gasteiger partial charge in [-0.15, -0.1) is 0 Å². The summed E-state index contributed by atoms with van der Waals surface area (Å²) in [5, 5.41) is 7.16. The summed E-state index contributed by atoms with van der Waals surface area (Å²) < 4.78 is 5.31. The molecule has 0 aliphatic heterocycles. The number of furan rings is 1. The molecule has 2 N–H and O–H groups in total. The minimum atomic E-state index is 0.141. The average molecular weight is 300 g/mol. The van der Waals surface area contributed by atoms with Gasteiger partial charge in [-0.3, -0.25) is 0 Å². The standard InChI is InChI=1S/C13H15Cl2N3O/c1-8(6-9-4-3-5-19-9)17-13-11(15)7-10(14)12(16-2)18-13/h3-5,7-8H,6H2,1-2H3,(H2,16,17,18). The summed E-state index contributed by atoms with van der Waals surface area (Å²) in [5.74, 6) is 2.12. The molecule has 2 heterocycles. The monoisotopic (exact) mass is 299 g/mol. The number of hydrogen-bond donors (Lipinski definition) is 2. The van der Waals surface area contributed by atoms with Crippen molar-refractivity contribution >= 4 is 34.8 Å². The second-order valence-corrected chi connectivity index (χ2v) is 5.04. The van der Waals surface area contributed by atoms with Crippen LogP contribution in [0.15, 0.2) is 28.9 Å². The third-order valence-corrected chi connectivity index (χ3v) is 3.21. The number of pyridine rings is 1. The molecule has 0 aliphatic rings. The molecular formula is C13H15Cl2N3O. The summed E-state index contributed by atoms with van der Waals surface area (Å²) >= 11 is 12.1. The van der Waals surface area contributed by atoms with Crippen molar-refractivity contribution in [1.82, 2.24) is 4.98 Å². The minimum Gasteiger partial charge on any atom is -0.469 e. The molecule has 6 heteroatoms. The van der Waals surface area contributed by atoms with E-state index in [2.05, 4.69) is 15.6 Å². The van der Waals surface area contributed by atoms with E-state index in [1.807, 2.05) is 19.1 Å². The third kappa shape index (κ3) is 3.55. The number of rotatable bonds is 5. The lowest BCUT2D eigenvalue weighted by atomic mass is 10.2. The predicted molar refractivity (Wildman–Crippen MR) is 79.3 cm³/mol. The lowest BCUT2D eigenvalue weighted by Crippen LogP contribution is -2.19. The molecule has 0 amide bonds. The predicted octanol–water partition coefficient (Wildman–Crippen LogP) is 4.07. The van der Waals surface area contributed by atoms with Gasteiger partial charge >= 0.3 is 0 Å². The van der Waals surface area contributed by atoms with Crippen LogP contribution in [-0.2, 0) is 6.42 Å². The van der Waals surface area contributed by atoms with Crippen LogP contribution in [0.2, 0.25) is 10.0 Å². The Morgan fingerprint density at radius 3 is 2.68 bits per heavy atom. The van der Waals surface area contributed by atoms with E-state index in [1.165, 1.54) is 0 Å². The molecule has 102 valence electrons. The van der Waals surface area contributed by atoms with Gasteiger partial charge in [-0.25, -0.2) is 4.98 Å². The maximum Gasteiger partial charge on any atom is 0.147 e. The van der Waals surface area contributed by atoms with Gasteiger partial charge in [0.1, 0.15) is 17.4 Å². The Morgan fingerprint density at radius 2 is 2.05 bits per heavy atom. The van der Waals surface area contributed by atoms with Crippen LogP contribution in [0, 0.1) is 0 Å². The first kappa shape index (κ1) is 14.0. The molecule has 2 aromatic heterocycles. The highest BCUT2D eigenvalue weighted by atomic mass is 35.5. The summed E-state index contributed by atoms with van der Waals surface area (Å²) in [5.41, 5.74) is 0. The fraction of sp³-hybridized carbons (Fsp3) is 0.308. The van der Waals surface area contributed by atoms with Gasteiger partial charge in [0.25, 0.3) is 0 Å². The summed E-state index contributed by atoms with van der Waals surface area (Å²) in [7, 11) is 1.76. The molecule has 0 saturated heterocycles. The van der Waals surface area contributed by atoms with Crippen LogP contribution in [-0.4, -0.2) is 18.1 Å². The molecule has 19 heavy (non-hydrogen) atoms. The molecule has 0 bridgehead atoms. The second-order valence-electron chi connectivity index (χ2n) is 4.23. The number of anilines is 2. The Labute approximate surface area is 122 Å². The number of halogens is 2. The van der Waals surface area contributed by atoms with Crippen LogP contribution >= 0.6 is 23.2 Å². The van der Waals surface area contributed by atoms with Gasteiger partial charge in [-0.1, -0.05) is 23.2 Å². The highest BCUT2D eigenvalue weighted by molar-refractivity contribution is 6.37. The molecule has 0 spiro atoms. The zero-order chi connectivity index (χ0) is 13.8. The highest BCUT2D eigenvalue weighted by Gasteiger charge is 2.12. The summed E-state index contributed by atoms with van der Waals surface area (Å²) in [6.45, 7) is 2.04. The van der Waals surface area contributed by atoms with Crippen molar-refractivity contribution in [1.29, 1.82) is 0 Å². The van der Waals surface area contributed by atoms with Gasteiger partial charge in [0.05, 0.1) is 16.3 Å². The quantitative estimate of drug-likeness (QED) is 0.874. The first-order valence-electron chi connectivity index (χ1n) is 5.93. The topological polar surface area (TPSA) is 50.1 Å². The Morgan fingerprint density at radius 1 is 1.32 bits per heavy atom. The molecular weight excluding hydrogens is 285 g/mol. The normalized spacial score (nSPS) is 12.2. The van der Waals surface area contributed by atoms with Gasteiger partial charge in [-0.05, 0) is 25.1 Å². The number of hydrogen-bond acceptors (Lipinski definition) is 4. The van der Waals surface area contributed by atoms with Crippen molar-refractivity contribution in [2.45, 2.75) is 19.4 Å². The number of aromatic nitrogens is 1. The van der Waals surface area contributed by atoms with Crippen molar-refractivity contribution in [3.8, 4) is 0 Å². The van der Waals surface area contributed by atoms with Gasteiger partial charge < -0.3 is 15.1 Å². The highest BCUT2D eigenvalue weighted by Crippen LogP contribution is 2.29. The van der Waals surface area contributed by atoms with E-state index in [-0.39, 0.29) is 6.04 Å². The lowest BCUT2D eigenvalue weighted by molar-refractivity contribution is 0.497. The summed E-state index contributed by atoms with van der Waals surface area (Å²) in [6.07, 6.45) is 2.41. The van der Waals surface area contributed by atoms with Crippen LogP contribution < -0.4 is 10.6 Å². The van der Waals surface area contributed by atoms with Crippen LogP contribution in [0.3, 0.4) is 0 Å². The first-order valence-corrected chi connectivity index (χ1v) is 6.68. The molecule has 0 fully saturated rings. The maximum absolute atomic E-state index is 6.12. The van der Waals surface area contributed by atoms with Gasteiger partial charge in [-0.2, -0.15) is 0 Å². The van der Waals surface area contributed by atoms with Crippen LogP contribution in [0.5, 0.6) is 0 Å². The molecule has 1 unspecified atom stereocenters. The van der Waals surface area contributed by atoms with Crippen molar-refractivity contribution in [2.75, 3.05) is 17.7 Å². The molecule has 0 saturated carbocycles. The molecule has 4 nitrogen and oxygen atoms in total. The van der Waals surface area contributed by atoms with E-state index in [0.717, 1.165) is 12.2 Å². The van der Waals surface area contributed by atoms with Crippen molar-refractivity contribution < 1.29 is 4.42 Å². The van der Waals surface area contributed by atoms with Crippen LogP contribution in [0.4, 0.5) is 11.6 Å². The fourth-order valence-corrected chi connectivity index (χ4v) is 2.27. The van der Waals surface area contributed by atoms with E-state index in [9.17, 15) is 0 Å². The lowest BCUT2D eigenvalue weighted by Gasteiger charge is -2.15. The second kappa shape index (κ2) is 6.17. The van der Waals surface area contributed by atoms with E-state index in [1.54, 1.807) is 19.4 Å². The SMILES string of the molecule is CNc1nc(NC(C)Cc2ccco2)c(Cl)cc1Cl. The number of nitrogens with one attached hydrogen (secondary N) is 2. The van der Waals surface area contributed by atoms with E-state index >= 15 is 0 Å². The Balaban J connectivity index is 2.09. The first-order chi connectivity index (χ1) is 9.10. The molecule has 0 aliphatic carbocycles. The fourth-order valence-electron chi connectivity index (χ4n) is 1.76. The van der Waals surface area contributed by atoms with Crippen molar-refractivity contribution in [2.24, 2.45) is 0 Å². The minimum absolute atomic E-state index is 0.141. The van der Waals surface area contributed by atoms with Gasteiger partial charge in [0.15, 0.2) is 0 Å². The molecule has 0 radical (unpaired) electrons. The smallest absolute Gasteiger partial charge is 0.147 e. The van der Waals surface area contributed by atoms with Crippen LogP contribution in [0.1, 0.15) is 12.7 Å². The molecule has 0 aromatic carbocycles. The van der Waals surface area contributed by atoms with Gasteiger partial charge in [0.2, 0.25) is 0 Å². The largest absolute Gasteiger partial charge is 0.469 e. The Bertz CT molecular complexity index is 543. The zero-order valence-corrected chi connectivity index (χ0v) is 12.2. The molecule has 1 atom stereocenters.